The molecule has 1 aromatic carbocycles. The maximum absolute atomic E-state index is 10.9. The van der Waals surface area contributed by atoms with Gasteiger partial charge >= 0.3 is 0 Å². The number of thiazole rings is 1. The van der Waals surface area contributed by atoms with Crippen LogP contribution in [0.2, 0.25) is 0 Å². The minimum Gasteiger partial charge on any atom is -0.308 e. The van der Waals surface area contributed by atoms with Crippen molar-refractivity contribution in [3.8, 4) is 0 Å². The van der Waals surface area contributed by atoms with Gasteiger partial charge in [0.1, 0.15) is 0 Å². The van der Waals surface area contributed by atoms with Gasteiger partial charge in [-0.1, -0.05) is 19.1 Å². The molecule has 6 heteroatoms. The number of aryl methyl sites for hydroxylation is 1. The van der Waals surface area contributed by atoms with Crippen molar-refractivity contribution in [2.24, 2.45) is 0 Å². The van der Waals surface area contributed by atoms with Gasteiger partial charge in [0.25, 0.3) is 5.69 Å². The predicted molar refractivity (Wildman–Crippen MR) is 79.9 cm³/mol. The van der Waals surface area contributed by atoms with Crippen molar-refractivity contribution in [3.05, 3.63) is 55.5 Å². The largest absolute Gasteiger partial charge is 0.308 e. The van der Waals surface area contributed by atoms with E-state index >= 15 is 0 Å². The molecule has 0 fully saturated rings. The van der Waals surface area contributed by atoms with Gasteiger partial charge in [-0.25, -0.2) is 4.98 Å². The fourth-order valence-corrected chi connectivity index (χ4v) is 2.80. The molecule has 0 saturated carbocycles. The molecule has 0 spiro atoms. The first-order chi connectivity index (χ1) is 9.61. The second-order valence-corrected chi connectivity index (χ2v) is 5.70. The Morgan fingerprint density at radius 1 is 1.40 bits per heavy atom. The Morgan fingerprint density at radius 2 is 2.20 bits per heavy atom. The highest BCUT2D eigenvalue weighted by Gasteiger charge is 2.12. The van der Waals surface area contributed by atoms with E-state index < -0.39 is 0 Å². The molecule has 1 heterocycles. The molecule has 2 aromatic rings. The standard InChI is InChI=1S/C14H17N3O2S/c1-3-14-16-9-12(20-14)8-15-7-11-5-4-6-13(10(11)2)17(18)19/h4-6,9,15H,3,7-8H2,1-2H3. The molecule has 0 bridgehead atoms. The summed E-state index contributed by atoms with van der Waals surface area (Å²) in [6, 6.07) is 5.18. The molecular formula is C14H17N3O2S. The third-order valence-corrected chi connectivity index (χ3v) is 4.27. The van der Waals surface area contributed by atoms with Gasteiger partial charge in [-0.15, -0.1) is 11.3 Å². The molecule has 106 valence electrons. The monoisotopic (exact) mass is 291 g/mol. The van der Waals surface area contributed by atoms with Crippen LogP contribution in [0.4, 0.5) is 5.69 Å². The average molecular weight is 291 g/mol. The number of hydrogen-bond donors (Lipinski definition) is 1. The number of nitrogens with one attached hydrogen (secondary N) is 1. The zero-order chi connectivity index (χ0) is 14.5. The maximum atomic E-state index is 10.9. The summed E-state index contributed by atoms with van der Waals surface area (Å²) in [5, 5.41) is 15.3. The van der Waals surface area contributed by atoms with Crippen LogP contribution >= 0.6 is 11.3 Å². The van der Waals surface area contributed by atoms with E-state index in [9.17, 15) is 10.1 Å². The third kappa shape index (κ3) is 3.40. The van der Waals surface area contributed by atoms with E-state index in [4.69, 9.17) is 0 Å². The van der Waals surface area contributed by atoms with E-state index in [2.05, 4.69) is 17.2 Å². The highest BCUT2D eigenvalue weighted by Crippen LogP contribution is 2.21. The number of rotatable bonds is 6. The maximum Gasteiger partial charge on any atom is 0.272 e. The fraction of sp³-hybridized carbons (Fsp3) is 0.357. The lowest BCUT2D eigenvalue weighted by atomic mass is 10.1. The van der Waals surface area contributed by atoms with Crippen molar-refractivity contribution in [2.45, 2.75) is 33.4 Å². The summed E-state index contributed by atoms with van der Waals surface area (Å²) in [4.78, 5) is 16.0. The van der Waals surface area contributed by atoms with Gasteiger partial charge in [-0.05, 0) is 18.9 Å². The molecule has 0 aliphatic rings. The van der Waals surface area contributed by atoms with Crippen molar-refractivity contribution in [3.63, 3.8) is 0 Å². The molecule has 0 unspecified atom stereocenters. The van der Waals surface area contributed by atoms with Crippen molar-refractivity contribution >= 4 is 17.0 Å². The molecule has 0 radical (unpaired) electrons. The normalized spacial score (nSPS) is 10.7. The topological polar surface area (TPSA) is 68.1 Å². The van der Waals surface area contributed by atoms with Gasteiger partial charge < -0.3 is 5.32 Å². The Bertz CT molecular complexity index is 610. The summed E-state index contributed by atoms with van der Waals surface area (Å²) < 4.78 is 0. The molecule has 1 N–H and O–H groups in total. The molecule has 0 aliphatic heterocycles. The average Bonchev–Trinajstić information content (AvgIpc) is 2.88. The highest BCUT2D eigenvalue weighted by atomic mass is 32.1. The Morgan fingerprint density at radius 3 is 2.85 bits per heavy atom. The van der Waals surface area contributed by atoms with Crippen molar-refractivity contribution < 1.29 is 4.92 Å². The first-order valence-corrected chi connectivity index (χ1v) is 7.30. The number of benzene rings is 1. The van der Waals surface area contributed by atoms with E-state index in [0.717, 1.165) is 29.1 Å². The Labute approximate surface area is 121 Å². The summed E-state index contributed by atoms with van der Waals surface area (Å²) in [7, 11) is 0. The summed E-state index contributed by atoms with van der Waals surface area (Å²) in [6.45, 7) is 5.23. The summed E-state index contributed by atoms with van der Waals surface area (Å²) in [5.41, 5.74) is 1.86. The first kappa shape index (κ1) is 14.6. The van der Waals surface area contributed by atoms with Crippen molar-refractivity contribution in [1.82, 2.24) is 10.3 Å². The van der Waals surface area contributed by atoms with Gasteiger partial charge in [-0.3, -0.25) is 10.1 Å². The molecule has 20 heavy (non-hydrogen) atoms. The van der Waals surface area contributed by atoms with Gasteiger partial charge in [0.2, 0.25) is 0 Å². The quantitative estimate of drug-likeness (QED) is 0.655. The lowest BCUT2D eigenvalue weighted by Crippen LogP contribution is -2.13. The van der Waals surface area contributed by atoms with Crippen LogP contribution in [-0.2, 0) is 19.5 Å². The van der Waals surface area contributed by atoms with Crippen LogP contribution in [0.3, 0.4) is 0 Å². The van der Waals surface area contributed by atoms with Crippen LogP contribution in [0.1, 0.15) is 27.9 Å². The Balaban J connectivity index is 1.97. The van der Waals surface area contributed by atoms with E-state index in [1.54, 1.807) is 24.3 Å². The van der Waals surface area contributed by atoms with Crippen molar-refractivity contribution in [2.75, 3.05) is 0 Å². The fourth-order valence-electron chi connectivity index (χ4n) is 1.97. The van der Waals surface area contributed by atoms with Crippen LogP contribution in [-0.4, -0.2) is 9.91 Å². The number of aromatic nitrogens is 1. The molecule has 0 aliphatic carbocycles. The minimum atomic E-state index is -0.338. The van der Waals surface area contributed by atoms with Crippen LogP contribution in [0.25, 0.3) is 0 Å². The van der Waals surface area contributed by atoms with Gasteiger partial charge in [0, 0.05) is 35.8 Å². The number of nitro groups is 1. The van der Waals surface area contributed by atoms with Crippen LogP contribution < -0.4 is 5.32 Å². The molecular weight excluding hydrogens is 274 g/mol. The minimum absolute atomic E-state index is 0.176. The van der Waals surface area contributed by atoms with Crippen LogP contribution in [0.15, 0.2) is 24.4 Å². The van der Waals surface area contributed by atoms with Gasteiger partial charge in [0.05, 0.1) is 9.93 Å². The smallest absolute Gasteiger partial charge is 0.272 e. The molecule has 0 amide bonds. The SMILES string of the molecule is CCc1ncc(CNCc2cccc([N+](=O)[O-])c2C)s1. The second kappa shape index (κ2) is 6.58. The number of hydrogen-bond acceptors (Lipinski definition) is 5. The molecule has 0 atom stereocenters. The summed E-state index contributed by atoms with van der Waals surface area (Å²) in [5.74, 6) is 0. The number of nitrogens with zero attached hydrogens (tertiary/aromatic N) is 2. The van der Waals surface area contributed by atoms with Crippen molar-refractivity contribution in [1.29, 1.82) is 0 Å². The van der Waals surface area contributed by atoms with Crippen LogP contribution in [0.5, 0.6) is 0 Å². The molecule has 1 aromatic heterocycles. The van der Waals surface area contributed by atoms with Crippen LogP contribution in [0, 0.1) is 17.0 Å². The highest BCUT2D eigenvalue weighted by molar-refractivity contribution is 7.11. The first-order valence-electron chi connectivity index (χ1n) is 6.49. The lowest BCUT2D eigenvalue weighted by molar-refractivity contribution is -0.385. The molecule has 2 rings (SSSR count). The van der Waals surface area contributed by atoms with E-state index in [1.807, 2.05) is 12.3 Å². The zero-order valence-corrected chi connectivity index (χ0v) is 12.4. The second-order valence-electron chi connectivity index (χ2n) is 4.50. The predicted octanol–water partition coefficient (Wildman–Crippen LogP) is 3.21. The Kier molecular flexibility index (Phi) is 4.81. The zero-order valence-electron chi connectivity index (χ0n) is 11.5. The van der Waals surface area contributed by atoms with Gasteiger partial charge in [-0.2, -0.15) is 0 Å². The summed E-state index contributed by atoms with van der Waals surface area (Å²) in [6.07, 6.45) is 2.84. The number of nitro benzene ring substituents is 1. The molecule has 5 nitrogen and oxygen atoms in total. The third-order valence-electron chi connectivity index (χ3n) is 3.13. The Hall–Kier alpha value is -1.79. The summed E-state index contributed by atoms with van der Waals surface area (Å²) >= 11 is 1.70. The van der Waals surface area contributed by atoms with Gasteiger partial charge in [0.15, 0.2) is 0 Å². The van der Waals surface area contributed by atoms with E-state index in [0.29, 0.717) is 6.54 Å². The van der Waals surface area contributed by atoms with E-state index in [1.165, 1.54) is 10.9 Å². The van der Waals surface area contributed by atoms with E-state index in [-0.39, 0.29) is 10.6 Å². The molecule has 0 saturated heterocycles. The lowest BCUT2D eigenvalue weighted by Gasteiger charge is -2.07.